The summed E-state index contributed by atoms with van der Waals surface area (Å²) >= 11 is 0. The Kier molecular flexibility index (Phi) is 5.53. The molecule has 0 bridgehead atoms. The van der Waals surface area contributed by atoms with Crippen LogP contribution in [-0.2, 0) is 9.84 Å². The van der Waals surface area contributed by atoms with E-state index in [1.165, 1.54) is 0 Å². The van der Waals surface area contributed by atoms with Crippen LogP contribution >= 0.6 is 0 Å². The second kappa shape index (κ2) is 6.74. The molecule has 5 nitrogen and oxygen atoms in total. The summed E-state index contributed by atoms with van der Waals surface area (Å²) in [6.45, 7) is 3.26. The average molecular weight is 309 g/mol. The molecule has 0 radical (unpaired) electrons. The Balaban J connectivity index is 2.65. The van der Waals surface area contributed by atoms with Gasteiger partial charge in [0, 0.05) is 23.9 Å². The summed E-state index contributed by atoms with van der Waals surface area (Å²) < 4.78 is 21.9. The van der Waals surface area contributed by atoms with Gasteiger partial charge in [-0.25, -0.2) is 8.42 Å². The lowest BCUT2D eigenvalue weighted by atomic mass is 10.1. The molecule has 2 N–H and O–H groups in total. The number of hydrogen-bond donors (Lipinski definition) is 2. The third-order valence-corrected chi connectivity index (χ3v) is 3.36. The first-order valence-electron chi connectivity index (χ1n) is 6.38. The first kappa shape index (κ1) is 17.2. The van der Waals surface area contributed by atoms with Crippen molar-refractivity contribution in [2.45, 2.75) is 19.4 Å². The maximum absolute atomic E-state index is 11.8. The Hall–Kier alpha value is -1.84. The maximum Gasteiger partial charge on any atom is 0.251 e. The number of sulfone groups is 1. The van der Waals surface area contributed by atoms with Gasteiger partial charge in [-0.3, -0.25) is 4.79 Å². The molecule has 0 fully saturated rings. The van der Waals surface area contributed by atoms with Crippen LogP contribution in [-0.4, -0.2) is 43.6 Å². The Morgan fingerprint density at radius 1 is 1.29 bits per heavy atom. The summed E-state index contributed by atoms with van der Waals surface area (Å²) in [5.74, 6) is 5.06. The fraction of sp³-hybridized carbons (Fsp3) is 0.400. The zero-order valence-electron chi connectivity index (χ0n) is 12.3. The average Bonchev–Trinajstić information content (AvgIpc) is 2.34. The summed E-state index contributed by atoms with van der Waals surface area (Å²) in [5, 5.41) is 12.0. The number of carbonyl (C=O) groups is 1. The zero-order valence-corrected chi connectivity index (χ0v) is 13.1. The first-order valence-corrected chi connectivity index (χ1v) is 8.44. The quantitative estimate of drug-likeness (QED) is 0.797. The van der Waals surface area contributed by atoms with Crippen LogP contribution in [0.1, 0.15) is 29.8 Å². The van der Waals surface area contributed by atoms with Gasteiger partial charge >= 0.3 is 0 Å². The van der Waals surface area contributed by atoms with E-state index in [4.69, 9.17) is 0 Å². The summed E-state index contributed by atoms with van der Waals surface area (Å²) in [6.07, 6.45) is 1.12. The summed E-state index contributed by atoms with van der Waals surface area (Å²) in [5.41, 5.74) is 0.0453. The second-order valence-corrected chi connectivity index (χ2v) is 7.53. The number of nitrogens with one attached hydrogen (secondary N) is 1. The highest BCUT2D eigenvalue weighted by Gasteiger charge is 2.08. The lowest BCUT2D eigenvalue weighted by Crippen LogP contribution is -2.28. The highest BCUT2D eigenvalue weighted by molar-refractivity contribution is 7.90. The molecule has 1 amide bonds. The minimum atomic E-state index is -3.09. The largest absolute Gasteiger partial charge is 0.378 e. The van der Waals surface area contributed by atoms with Crippen molar-refractivity contribution in [1.82, 2.24) is 5.32 Å². The first-order chi connectivity index (χ1) is 9.57. The lowest BCUT2D eigenvalue weighted by Gasteiger charge is -2.06. The van der Waals surface area contributed by atoms with Gasteiger partial charge in [-0.2, -0.15) is 0 Å². The molecule has 1 aromatic rings. The summed E-state index contributed by atoms with van der Waals surface area (Å²) in [7, 11) is -3.09. The molecule has 114 valence electrons. The van der Waals surface area contributed by atoms with Gasteiger partial charge in [-0.1, -0.05) is 11.8 Å². The molecule has 0 aromatic heterocycles. The molecule has 1 aromatic carbocycles. The fourth-order valence-corrected chi connectivity index (χ4v) is 1.85. The third-order valence-electron chi connectivity index (χ3n) is 2.42. The number of carbonyl (C=O) groups excluding carboxylic acids is 1. The second-order valence-electron chi connectivity index (χ2n) is 5.27. The van der Waals surface area contributed by atoms with E-state index in [9.17, 15) is 18.3 Å². The van der Waals surface area contributed by atoms with Crippen molar-refractivity contribution >= 4 is 15.7 Å². The van der Waals surface area contributed by atoms with Crippen molar-refractivity contribution < 1.29 is 18.3 Å². The predicted molar refractivity (Wildman–Crippen MR) is 81.7 cm³/mol. The number of amides is 1. The highest BCUT2D eigenvalue weighted by atomic mass is 32.2. The topological polar surface area (TPSA) is 83.5 Å². The Bertz CT molecular complexity index is 658. The van der Waals surface area contributed by atoms with Gasteiger partial charge in [0.15, 0.2) is 0 Å². The fourth-order valence-electron chi connectivity index (χ4n) is 1.38. The van der Waals surface area contributed by atoms with Crippen LogP contribution in [0.4, 0.5) is 0 Å². The zero-order chi connectivity index (χ0) is 16.1. The van der Waals surface area contributed by atoms with Crippen molar-refractivity contribution in [1.29, 1.82) is 0 Å². The molecule has 0 saturated heterocycles. The van der Waals surface area contributed by atoms with Gasteiger partial charge in [-0.15, -0.1) is 0 Å². The highest BCUT2D eigenvalue weighted by Crippen LogP contribution is 2.05. The molecule has 6 heteroatoms. The minimum absolute atomic E-state index is 0.0813. The van der Waals surface area contributed by atoms with Crippen LogP contribution in [0.3, 0.4) is 0 Å². The molecular weight excluding hydrogens is 290 g/mol. The van der Waals surface area contributed by atoms with Gasteiger partial charge in [0.1, 0.15) is 15.4 Å². The number of rotatable bonds is 4. The predicted octanol–water partition coefficient (Wildman–Crippen LogP) is 0.583. The molecule has 0 unspecified atom stereocenters. The normalized spacial score (nSPS) is 11.4. The molecule has 0 aliphatic heterocycles. The van der Waals surface area contributed by atoms with Crippen molar-refractivity contribution in [2.75, 3.05) is 18.6 Å². The van der Waals surface area contributed by atoms with E-state index >= 15 is 0 Å². The molecule has 21 heavy (non-hydrogen) atoms. The SMILES string of the molecule is CC(C)(O)C#Cc1ccc(C(=O)NCCS(C)(=O)=O)cc1. The van der Waals surface area contributed by atoms with Gasteiger partial charge in [0.05, 0.1) is 5.75 Å². The van der Waals surface area contributed by atoms with Crippen LogP contribution < -0.4 is 5.32 Å². The molecule has 0 aliphatic rings. The number of hydrogen-bond acceptors (Lipinski definition) is 4. The Morgan fingerprint density at radius 3 is 2.33 bits per heavy atom. The Labute approximate surface area is 125 Å². The van der Waals surface area contributed by atoms with Gasteiger partial charge in [0.2, 0.25) is 0 Å². The smallest absolute Gasteiger partial charge is 0.251 e. The molecule has 0 spiro atoms. The third kappa shape index (κ3) is 7.49. The van der Waals surface area contributed by atoms with E-state index in [0.717, 1.165) is 6.26 Å². The van der Waals surface area contributed by atoms with Crippen LogP contribution in [0.2, 0.25) is 0 Å². The standard InChI is InChI=1S/C15H19NO4S/c1-15(2,18)9-8-12-4-6-13(7-5-12)14(17)16-10-11-21(3,19)20/h4-7,18H,10-11H2,1-3H3,(H,16,17). The van der Waals surface area contributed by atoms with E-state index in [1.54, 1.807) is 38.1 Å². The van der Waals surface area contributed by atoms with Gasteiger partial charge in [0.25, 0.3) is 5.91 Å². The molecule has 0 atom stereocenters. The molecule has 0 saturated carbocycles. The summed E-state index contributed by atoms with van der Waals surface area (Å²) in [6, 6.07) is 6.54. The monoisotopic (exact) mass is 309 g/mol. The van der Waals surface area contributed by atoms with E-state index < -0.39 is 15.4 Å². The van der Waals surface area contributed by atoms with Crippen LogP contribution in [0.15, 0.2) is 24.3 Å². The number of aliphatic hydroxyl groups is 1. The van der Waals surface area contributed by atoms with E-state index in [0.29, 0.717) is 11.1 Å². The van der Waals surface area contributed by atoms with E-state index in [1.807, 2.05) is 0 Å². The van der Waals surface area contributed by atoms with Crippen molar-refractivity contribution in [3.8, 4) is 11.8 Å². The van der Waals surface area contributed by atoms with Crippen LogP contribution in [0, 0.1) is 11.8 Å². The lowest BCUT2D eigenvalue weighted by molar-refractivity contribution is 0.0956. The maximum atomic E-state index is 11.8. The van der Waals surface area contributed by atoms with Crippen molar-refractivity contribution in [3.63, 3.8) is 0 Å². The Morgan fingerprint density at radius 2 is 1.86 bits per heavy atom. The molecular formula is C15H19NO4S. The molecule has 1 rings (SSSR count). The van der Waals surface area contributed by atoms with Gasteiger partial charge < -0.3 is 10.4 Å². The van der Waals surface area contributed by atoms with Crippen LogP contribution in [0.5, 0.6) is 0 Å². The van der Waals surface area contributed by atoms with Crippen molar-refractivity contribution in [3.05, 3.63) is 35.4 Å². The van der Waals surface area contributed by atoms with Crippen molar-refractivity contribution in [2.24, 2.45) is 0 Å². The molecule has 0 aliphatic carbocycles. The van der Waals surface area contributed by atoms with E-state index in [-0.39, 0.29) is 18.2 Å². The summed E-state index contributed by atoms with van der Waals surface area (Å²) in [4.78, 5) is 11.8. The van der Waals surface area contributed by atoms with Crippen LogP contribution in [0.25, 0.3) is 0 Å². The molecule has 0 heterocycles. The minimum Gasteiger partial charge on any atom is -0.378 e. The number of benzene rings is 1. The van der Waals surface area contributed by atoms with Gasteiger partial charge in [-0.05, 0) is 38.1 Å². The van der Waals surface area contributed by atoms with E-state index in [2.05, 4.69) is 17.2 Å².